The molecular weight excluding hydrogens is 392 g/mol. The first-order valence-electron chi connectivity index (χ1n) is 9.07. The molecule has 3 rings (SSSR count). The van der Waals surface area contributed by atoms with E-state index in [2.05, 4.69) is 5.32 Å². The van der Waals surface area contributed by atoms with E-state index in [4.69, 9.17) is 25.8 Å². The third-order valence-electron chi connectivity index (χ3n) is 4.54. The molecule has 0 aliphatic heterocycles. The second kappa shape index (κ2) is 9.39. The van der Waals surface area contributed by atoms with Crippen LogP contribution >= 0.6 is 11.6 Å². The van der Waals surface area contributed by atoms with E-state index in [1.165, 1.54) is 7.11 Å². The lowest BCUT2D eigenvalue weighted by atomic mass is 10.1. The number of ether oxygens (including phenoxy) is 3. The number of aromatic nitrogens is 1. The lowest BCUT2D eigenvalue weighted by Gasteiger charge is -2.14. The maximum atomic E-state index is 12.7. The molecule has 1 heterocycles. The van der Waals surface area contributed by atoms with Gasteiger partial charge in [0.25, 0.3) is 5.91 Å². The van der Waals surface area contributed by atoms with Crippen molar-refractivity contribution >= 4 is 17.5 Å². The van der Waals surface area contributed by atoms with Crippen molar-refractivity contribution < 1.29 is 19.0 Å². The van der Waals surface area contributed by atoms with Gasteiger partial charge >= 0.3 is 0 Å². The molecule has 0 saturated heterocycles. The minimum atomic E-state index is -0.247. The highest BCUT2D eigenvalue weighted by molar-refractivity contribution is 6.33. The zero-order valence-corrected chi connectivity index (χ0v) is 17.3. The zero-order valence-electron chi connectivity index (χ0n) is 16.6. The van der Waals surface area contributed by atoms with Gasteiger partial charge in [-0.3, -0.25) is 4.79 Å². The summed E-state index contributed by atoms with van der Waals surface area (Å²) in [6.45, 7) is 0.453. The number of benzene rings is 2. The van der Waals surface area contributed by atoms with Crippen LogP contribution in [0.4, 0.5) is 0 Å². The molecular formula is C22H23ClN2O4. The molecule has 29 heavy (non-hydrogen) atoms. The Kier molecular flexibility index (Phi) is 6.67. The van der Waals surface area contributed by atoms with E-state index >= 15 is 0 Å². The van der Waals surface area contributed by atoms with Crippen LogP contribution in [0.3, 0.4) is 0 Å². The molecule has 0 atom stereocenters. The Morgan fingerprint density at radius 3 is 2.31 bits per heavy atom. The Balaban J connectivity index is 1.70. The summed E-state index contributed by atoms with van der Waals surface area (Å²) in [5, 5.41) is 3.38. The van der Waals surface area contributed by atoms with E-state index in [0.29, 0.717) is 40.8 Å². The third-order valence-corrected chi connectivity index (χ3v) is 4.85. The summed E-state index contributed by atoms with van der Waals surface area (Å²) in [6.07, 6.45) is 4.40. The number of hydrogen-bond donors (Lipinski definition) is 1. The second-order valence-electron chi connectivity index (χ2n) is 6.29. The Morgan fingerprint density at radius 1 is 0.966 bits per heavy atom. The van der Waals surface area contributed by atoms with Gasteiger partial charge in [-0.25, -0.2) is 0 Å². The van der Waals surface area contributed by atoms with Crippen LogP contribution in [-0.2, 0) is 6.42 Å². The van der Waals surface area contributed by atoms with Crippen molar-refractivity contribution in [1.29, 1.82) is 0 Å². The fourth-order valence-electron chi connectivity index (χ4n) is 3.03. The summed E-state index contributed by atoms with van der Waals surface area (Å²) < 4.78 is 17.8. The van der Waals surface area contributed by atoms with Crippen LogP contribution in [0.15, 0.2) is 54.9 Å². The lowest BCUT2D eigenvalue weighted by Crippen LogP contribution is -2.26. The molecule has 0 fully saturated rings. The number of carbonyl (C=O) groups is 1. The van der Waals surface area contributed by atoms with Gasteiger partial charge < -0.3 is 24.1 Å². The van der Waals surface area contributed by atoms with Gasteiger partial charge in [0.15, 0.2) is 11.5 Å². The number of carbonyl (C=O) groups excluding carboxylic acids is 1. The predicted molar refractivity (Wildman–Crippen MR) is 113 cm³/mol. The highest BCUT2D eigenvalue weighted by Crippen LogP contribution is 2.30. The van der Waals surface area contributed by atoms with Gasteiger partial charge in [0, 0.05) is 25.0 Å². The summed E-state index contributed by atoms with van der Waals surface area (Å²) in [6, 6.07) is 12.9. The van der Waals surface area contributed by atoms with Crippen molar-refractivity contribution in [3.05, 3.63) is 71.0 Å². The van der Waals surface area contributed by atoms with E-state index in [1.54, 1.807) is 26.4 Å². The SMILES string of the molecule is COc1ccc(CCNC(=O)c2cc(Cl)c(-n3cccc3)cc2OC)cc1OC. The predicted octanol–water partition coefficient (Wildman–Crippen LogP) is 4.13. The standard InChI is InChI=1S/C22H23ClN2O4/c1-27-19-7-6-15(12-21(19)29-3)8-9-24-22(26)16-13-17(23)18(14-20(16)28-2)25-10-4-5-11-25/h4-7,10-14H,8-9H2,1-3H3,(H,24,26). The first-order chi connectivity index (χ1) is 14.1. The average molecular weight is 415 g/mol. The molecule has 7 heteroatoms. The van der Waals surface area contributed by atoms with Crippen molar-refractivity contribution in [2.75, 3.05) is 27.9 Å². The molecule has 2 aromatic carbocycles. The van der Waals surface area contributed by atoms with Gasteiger partial charge in [-0.05, 0) is 42.3 Å². The first-order valence-corrected chi connectivity index (χ1v) is 9.45. The number of nitrogens with zero attached hydrogens (tertiary/aromatic N) is 1. The monoisotopic (exact) mass is 414 g/mol. The Labute approximate surface area is 175 Å². The van der Waals surface area contributed by atoms with E-state index < -0.39 is 0 Å². The van der Waals surface area contributed by atoms with Gasteiger partial charge in [-0.1, -0.05) is 17.7 Å². The fourth-order valence-corrected chi connectivity index (χ4v) is 3.29. The van der Waals surface area contributed by atoms with Crippen molar-refractivity contribution in [2.45, 2.75) is 6.42 Å². The molecule has 1 amide bonds. The number of nitrogens with one attached hydrogen (secondary N) is 1. The first kappa shape index (κ1) is 20.6. The highest BCUT2D eigenvalue weighted by atomic mass is 35.5. The smallest absolute Gasteiger partial charge is 0.255 e. The summed E-state index contributed by atoms with van der Waals surface area (Å²) >= 11 is 6.40. The van der Waals surface area contributed by atoms with E-state index in [9.17, 15) is 4.79 Å². The van der Waals surface area contributed by atoms with Crippen LogP contribution < -0.4 is 19.5 Å². The van der Waals surface area contributed by atoms with E-state index in [0.717, 1.165) is 11.3 Å². The number of amides is 1. The molecule has 3 aromatic rings. The average Bonchev–Trinajstić information content (AvgIpc) is 3.27. The molecule has 6 nitrogen and oxygen atoms in total. The number of methoxy groups -OCH3 is 3. The molecule has 0 spiro atoms. The molecule has 0 aliphatic rings. The molecule has 152 valence electrons. The molecule has 0 unspecified atom stereocenters. The minimum Gasteiger partial charge on any atom is -0.496 e. The molecule has 1 aromatic heterocycles. The van der Waals surface area contributed by atoms with Crippen LogP contribution in [0.1, 0.15) is 15.9 Å². The molecule has 0 radical (unpaired) electrons. The number of halogens is 1. The van der Waals surface area contributed by atoms with E-state index in [-0.39, 0.29) is 5.91 Å². The Bertz CT molecular complexity index is 987. The Hall–Kier alpha value is -3.12. The maximum absolute atomic E-state index is 12.7. The van der Waals surface area contributed by atoms with Crippen molar-refractivity contribution in [1.82, 2.24) is 9.88 Å². The quantitative estimate of drug-likeness (QED) is 0.602. The molecule has 0 saturated carbocycles. The van der Waals surface area contributed by atoms with Gasteiger partial charge in [0.1, 0.15) is 5.75 Å². The van der Waals surface area contributed by atoms with Crippen molar-refractivity contribution in [3.8, 4) is 22.9 Å². The van der Waals surface area contributed by atoms with E-state index in [1.807, 2.05) is 47.3 Å². The maximum Gasteiger partial charge on any atom is 0.255 e. The summed E-state index contributed by atoms with van der Waals surface area (Å²) in [7, 11) is 4.72. The van der Waals surface area contributed by atoms with Crippen molar-refractivity contribution in [3.63, 3.8) is 0 Å². The van der Waals surface area contributed by atoms with Crippen LogP contribution in [0.25, 0.3) is 5.69 Å². The van der Waals surface area contributed by atoms with Gasteiger partial charge in [-0.2, -0.15) is 0 Å². The second-order valence-corrected chi connectivity index (χ2v) is 6.70. The summed E-state index contributed by atoms with van der Waals surface area (Å²) in [5.41, 5.74) is 2.16. The number of rotatable bonds is 8. The van der Waals surface area contributed by atoms with Crippen LogP contribution in [-0.4, -0.2) is 38.3 Å². The number of hydrogen-bond acceptors (Lipinski definition) is 4. The normalized spacial score (nSPS) is 10.5. The fraction of sp³-hybridized carbons (Fsp3) is 0.227. The minimum absolute atomic E-state index is 0.247. The van der Waals surface area contributed by atoms with Crippen molar-refractivity contribution in [2.24, 2.45) is 0 Å². The highest BCUT2D eigenvalue weighted by Gasteiger charge is 2.16. The van der Waals surface area contributed by atoms with Gasteiger partial charge in [0.2, 0.25) is 0 Å². The van der Waals surface area contributed by atoms with Gasteiger partial charge in [-0.15, -0.1) is 0 Å². The van der Waals surface area contributed by atoms with Crippen LogP contribution in [0.2, 0.25) is 5.02 Å². The Morgan fingerprint density at radius 2 is 1.66 bits per heavy atom. The van der Waals surface area contributed by atoms with Crippen LogP contribution in [0, 0.1) is 0 Å². The van der Waals surface area contributed by atoms with Gasteiger partial charge in [0.05, 0.1) is 37.6 Å². The lowest BCUT2D eigenvalue weighted by molar-refractivity contribution is 0.0951. The topological polar surface area (TPSA) is 61.7 Å². The zero-order chi connectivity index (χ0) is 20.8. The largest absolute Gasteiger partial charge is 0.496 e. The van der Waals surface area contributed by atoms with Crippen LogP contribution in [0.5, 0.6) is 17.2 Å². The molecule has 0 bridgehead atoms. The third kappa shape index (κ3) is 4.66. The molecule has 0 aliphatic carbocycles. The molecule has 1 N–H and O–H groups in total. The summed E-state index contributed by atoms with van der Waals surface area (Å²) in [4.78, 5) is 12.7. The summed E-state index contributed by atoms with van der Waals surface area (Å²) in [5.74, 6) is 1.54.